The number of hydrogen-bond acceptors (Lipinski definition) is 5. The van der Waals surface area contributed by atoms with Gasteiger partial charge in [0.15, 0.2) is 10.8 Å². The van der Waals surface area contributed by atoms with Crippen LogP contribution in [0.4, 0.5) is 0 Å². The molecule has 2 unspecified atom stereocenters. The van der Waals surface area contributed by atoms with Gasteiger partial charge in [-0.15, -0.1) is 0 Å². The summed E-state index contributed by atoms with van der Waals surface area (Å²) >= 11 is 6.18. The van der Waals surface area contributed by atoms with Gasteiger partial charge in [0.05, 0.1) is 12.6 Å². The average molecular weight is 417 g/mol. The molecule has 0 spiro atoms. The summed E-state index contributed by atoms with van der Waals surface area (Å²) in [7, 11) is 0. The van der Waals surface area contributed by atoms with Gasteiger partial charge in [0.25, 0.3) is 0 Å². The predicted molar refractivity (Wildman–Crippen MR) is 110 cm³/mol. The number of nitriles is 2. The number of carbonyl (C=O) groups is 1. The molecular formula is C21H29ClN6O. The molecule has 0 radical (unpaired) electrons. The SMILES string of the molecule is CCCCc1nc(Cl)c(C#N)n1CC1CCC(NCC(=O)N2CCC[C@H]2C#N)C1. The molecule has 1 N–H and O–H groups in total. The lowest BCUT2D eigenvalue weighted by Crippen LogP contribution is -2.42. The van der Waals surface area contributed by atoms with E-state index < -0.39 is 0 Å². The van der Waals surface area contributed by atoms with Crippen molar-refractivity contribution in [2.45, 2.75) is 76.9 Å². The van der Waals surface area contributed by atoms with Gasteiger partial charge in [-0.2, -0.15) is 10.5 Å². The Hall–Kier alpha value is -2.09. The summed E-state index contributed by atoms with van der Waals surface area (Å²) in [5.41, 5.74) is 0.459. The van der Waals surface area contributed by atoms with Crippen LogP contribution < -0.4 is 5.32 Å². The summed E-state index contributed by atoms with van der Waals surface area (Å²) in [4.78, 5) is 18.5. The normalized spacial score (nSPS) is 23.9. The van der Waals surface area contributed by atoms with Gasteiger partial charge in [0.1, 0.15) is 17.9 Å². The van der Waals surface area contributed by atoms with Crippen LogP contribution in [0.5, 0.6) is 0 Å². The smallest absolute Gasteiger partial charge is 0.237 e. The molecule has 156 valence electrons. The fourth-order valence-electron chi connectivity index (χ4n) is 4.51. The zero-order valence-corrected chi connectivity index (χ0v) is 17.8. The van der Waals surface area contributed by atoms with Crippen LogP contribution in [0.1, 0.15) is 63.4 Å². The lowest BCUT2D eigenvalue weighted by atomic mass is 10.1. The van der Waals surface area contributed by atoms with E-state index in [4.69, 9.17) is 16.9 Å². The maximum absolute atomic E-state index is 12.4. The van der Waals surface area contributed by atoms with Crippen molar-refractivity contribution in [2.24, 2.45) is 5.92 Å². The number of imidazole rings is 1. The third kappa shape index (κ3) is 5.10. The second-order valence-electron chi connectivity index (χ2n) is 8.12. The molecule has 1 aromatic rings. The molecule has 2 aliphatic rings. The van der Waals surface area contributed by atoms with Crippen LogP contribution in [0.2, 0.25) is 5.15 Å². The Morgan fingerprint density at radius 1 is 1.34 bits per heavy atom. The fourth-order valence-corrected chi connectivity index (χ4v) is 4.75. The maximum Gasteiger partial charge on any atom is 0.237 e. The topological polar surface area (TPSA) is 97.7 Å². The Kier molecular flexibility index (Phi) is 7.52. The molecule has 2 fully saturated rings. The van der Waals surface area contributed by atoms with E-state index >= 15 is 0 Å². The van der Waals surface area contributed by atoms with Crippen molar-refractivity contribution in [1.82, 2.24) is 19.8 Å². The lowest BCUT2D eigenvalue weighted by molar-refractivity contribution is -0.130. The zero-order chi connectivity index (χ0) is 20.8. The summed E-state index contributed by atoms with van der Waals surface area (Å²) in [6.07, 6.45) is 7.63. The number of halogens is 1. The second kappa shape index (κ2) is 10.1. The molecule has 1 amide bonds. The molecule has 8 heteroatoms. The number of aromatic nitrogens is 2. The number of carbonyl (C=O) groups excluding carboxylic acids is 1. The highest BCUT2D eigenvalue weighted by Crippen LogP contribution is 2.29. The standard InChI is InChI=1S/C21H29ClN6O/c1-2-3-6-19-26-21(22)18(12-24)28(19)14-15-7-8-16(10-15)25-13-20(29)27-9-4-5-17(27)11-23/h15-17,25H,2-10,13-14H2,1H3/t15?,16?,17-/m0/s1. The Labute approximate surface area is 177 Å². The third-order valence-corrected chi connectivity index (χ3v) is 6.37. The van der Waals surface area contributed by atoms with Crippen LogP contribution in [0.3, 0.4) is 0 Å². The Balaban J connectivity index is 1.53. The van der Waals surface area contributed by atoms with Crippen LogP contribution in [0.25, 0.3) is 0 Å². The van der Waals surface area contributed by atoms with Gasteiger partial charge in [-0.3, -0.25) is 4.79 Å². The molecular weight excluding hydrogens is 388 g/mol. The first-order valence-corrected chi connectivity index (χ1v) is 11.0. The molecule has 7 nitrogen and oxygen atoms in total. The first-order valence-electron chi connectivity index (χ1n) is 10.6. The molecule has 3 rings (SSSR count). The molecule has 1 aromatic heterocycles. The minimum Gasteiger partial charge on any atom is -0.326 e. The van der Waals surface area contributed by atoms with Gasteiger partial charge in [-0.1, -0.05) is 24.9 Å². The van der Waals surface area contributed by atoms with Gasteiger partial charge in [-0.25, -0.2) is 4.98 Å². The molecule has 29 heavy (non-hydrogen) atoms. The monoisotopic (exact) mass is 416 g/mol. The molecule has 3 atom stereocenters. The fraction of sp³-hybridized carbons (Fsp3) is 0.714. The van der Waals surface area contributed by atoms with E-state index in [1.165, 1.54) is 0 Å². The van der Waals surface area contributed by atoms with Crippen molar-refractivity contribution in [3.63, 3.8) is 0 Å². The molecule has 1 saturated carbocycles. The van der Waals surface area contributed by atoms with Crippen molar-refractivity contribution in [2.75, 3.05) is 13.1 Å². The molecule has 1 aliphatic heterocycles. The number of rotatable bonds is 8. The average Bonchev–Trinajstić information content (AvgIpc) is 3.43. The Bertz CT molecular complexity index is 807. The Morgan fingerprint density at radius 2 is 2.17 bits per heavy atom. The number of aryl methyl sites for hydroxylation is 1. The highest BCUT2D eigenvalue weighted by molar-refractivity contribution is 6.30. The van der Waals surface area contributed by atoms with Crippen molar-refractivity contribution >= 4 is 17.5 Å². The Morgan fingerprint density at radius 3 is 2.90 bits per heavy atom. The molecule has 2 heterocycles. The first kappa shape index (κ1) is 21.6. The summed E-state index contributed by atoms with van der Waals surface area (Å²) in [6.45, 7) is 3.86. The summed E-state index contributed by atoms with van der Waals surface area (Å²) in [5.74, 6) is 1.35. The number of likely N-dealkylation sites (tertiary alicyclic amines) is 1. The van der Waals surface area contributed by atoms with Gasteiger partial charge < -0.3 is 14.8 Å². The number of unbranched alkanes of at least 4 members (excludes halogenated alkanes) is 1. The number of nitrogens with one attached hydrogen (secondary N) is 1. The first-order chi connectivity index (χ1) is 14.1. The van der Waals surface area contributed by atoms with E-state index in [1.807, 2.05) is 4.57 Å². The van der Waals surface area contributed by atoms with E-state index in [0.717, 1.165) is 63.7 Å². The third-order valence-electron chi connectivity index (χ3n) is 6.11. The second-order valence-corrected chi connectivity index (χ2v) is 8.48. The summed E-state index contributed by atoms with van der Waals surface area (Å²) in [5, 5.41) is 22.3. The van der Waals surface area contributed by atoms with Crippen LogP contribution >= 0.6 is 11.6 Å². The van der Waals surface area contributed by atoms with E-state index in [9.17, 15) is 10.1 Å². The molecule has 0 aromatic carbocycles. The van der Waals surface area contributed by atoms with Gasteiger partial charge in [0, 0.05) is 25.6 Å². The van der Waals surface area contributed by atoms with Gasteiger partial charge in [-0.05, 0) is 44.4 Å². The van der Waals surface area contributed by atoms with Crippen LogP contribution in [0.15, 0.2) is 0 Å². The van der Waals surface area contributed by atoms with Crippen LogP contribution in [-0.2, 0) is 17.8 Å². The zero-order valence-electron chi connectivity index (χ0n) is 17.0. The van der Waals surface area contributed by atoms with E-state index in [1.54, 1.807) is 4.90 Å². The summed E-state index contributed by atoms with van der Waals surface area (Å²) in [6, 6.07) is 4.45. The molecule has 1 aliphatic carbocycles. The number of hydrogen-bond donors (Lipinski definition) is 1. The molecule has 1 saturated heterocycles. The highest BCUT2D eigenvalue weighted by Gasteiger charge is 2.30. The minimum absolute atomic E-state index is 0.0208. The van der Waals surface area contributed by atoms with E-state index in [2.05, 4.69) is 29.4 Å². The van der Waals surface area contributed by atoms with Crippen LogP contribution in [-0.4, -0.2) is 45.5 Å². The lowest BCUT2D eigenvalue weighted by Gasteiger charge is -2.21. The van der Waals surface area contributed by atoms with Crippen molar-refractivity contribution in [3.8, 4) is 12.1 Å². The largest absolute Gasteiger partial charge is 0.326 e. The molecule has 0 bridgehead atoms. The summed E-state index contributed by atoms with van der Waals surface area (Å²) < 4.78 is 2.00. The van der Waals surface area contributed by atoms with Gasteiger partial charge >= 0.3 is 0 Å². The maximum atomic E-state index is 12.4. The minimum atomic E-state index is -0.266. The van der Waals surface area contributed by atoms with Crippen LogP contribution in [0, 0.1) is 28.6 Å². The number of amides is 1. The van der Waals surface area contributed by atoms with E-state index in [0.29, 0.717) is 23.3 Å². The van der Waals surface area contributed by atoms with Crippen molar-refractivity contribution < 1.29 is 4.79 Å². The predicted octanol–water partition coefficient (Wildman–Crippen LogP) is 3.02. The van der Waals surface area contributed by atoms with Crippen molar-refractivity contribution in [3.05, 3.63) is 16.7 Å². The quantitative estimate of drug-likeness (QED) is 0.702. The van der Waals surface area contributed by atoms with Gasteiger partial charge in [0.2, 0.25) is 5.91 Å². The number of nitrogens with zero attached hydrogens (tertiary/aromatic N) is 5. The highest BCUT2D eigenvalue weighted by atomic mass is 35.5. The van der Waals surface area contributed by atoms with Crippen molar-refractivity contribution in [1.29, 1.82) is 10.5 Å². The van der Waals surface area contributed by atoms with E-state index in [-0.39, 0.29) is 24.5 Å².